The molecular formula is C32H40N4O4. The number of hydrogen-bond acceptors (Lipinski definition) is 6. The topological polar surface area (TPSA) is 83.8 Å². The molecule has 1 aliphatic carbocycles. The number of aliphatic imine (C=N–C) groups is 2. The zero-order valence-corrected chi connectivity index (χ0v) is 24.5. The molecule has 0 bridgehead atoms. The fraction of sp³-hybridized carbons (Fsp3) is 0.500. The molecule has 0 saturated carbocycles. The van der Waals surface area contributed by atoms with Gasteiger partial charge in [0.2, 0.25) is 0 Å². The van der Waals surface area contributed by atoms with Gasteiger partial charge in [0.25, 0.3) is 0 Å². The van der Waals surface area contributed by atoms with Gasteiger partial charge < -0.3 is 9.47 Å². The minimum absolute atomic E-state index is 0.332. The first-order valence-electron chi connectivity index (χ1n) is 14.2. The predicted molar refractivity (Wildman–Crippen MR) is 157 cm³/mol. The Morgan fingerprint density at radius 3 is 1.43 bits per heavy atom. The molecular weight excluding hydrogens is 504 g/mol. The van der Waals surface area contributed by atoms with Gasteiger partial charge in [-0.15, -0.1) is 0 Å². The van der Waals surface area contributed by atoms with Gasteiger partial charge in [-0.05, 0) is 114 Å². The van der Waals surface area contributed by atoms with Crippen molar-refractivity contribution in [2.24, 2.45) is 9.98 Å². The Kier molecular flexibility index (Phi) is 7.46. The molecule has 2 aromatic carbocycles. The first kappa shape index (κ1) is 27.9. The zero-order chi connectivity index (χ0) is 28.7. The second kappa shape index (κ2) is 10.7. The van der Waals surface area contributed by atoms with E-state index in [9.17, 15) is 9.59 Å². The number of amides is 2. The van der Waals surface area contributed by atoms with Crippen molar-refractivity contribution in [3.8, 4) is 0 Å². The molecule has 2 aliphatic heterocycles. The van der Waals surface area contributed by atoms with Crippen molar-refractivity contribution >= 4 is 35.2 Å². The molecule has 212 valence electrons. The average Bonchev–Trinajstić information content (AvgIpc) is 3.50. The number of benzene rings is 2. The van der Waals surface area contributed by atoms with Crippen molar-refractivity contribution in [2.75, 3.05) is 13.1 Å². The normalized spacial score (nSPS) is 19.1. The van der Waals surface area contributed by atoms with Crippen LogP contribution in [0.25, 0.3) is 0 Å². The summed E-state index contributed by atoms with van der Waals surface area (Å²) in [6.45, 7) is 12.5. The van der Waals surface area contributed by atoms with Gasteiger partial charge in [-0.3, -0.25) is 9.80 Å². The first-order valence-corrected chi connectivity index (χ1v) is 14.2. The van der Waals surface area contributed by atoms with Crippen molar-refractivity contribution in [3.05, 3.63) is 58.7 Å². The van der Waals surface area contributed by atoms with Crippen LogP contribution in [0.2, 0.25) is 0 Å². The Labute approximate surface area is 237 Å². The molecule has 0 unspecified atom stereocenters. The summed E-state index contributed by atoms with van der Waals surface area (Å²) >= 11 is 0. The monoisotopic (exact) mass is 544 g/mol. The largest absolute Gasteiger partial charge is 0.443 e. The number of ether oxygens (including phenoxy) is 2. The molecule has 0 spiro atoms. The highest BCUT2D eigenvalue weighted by Crippen LogP contribution is 2.33. The number of carbonyl (C=O) groups is 2. The van der Waals surface area contributed by atoms with E-state index in [1.807, 2.05) is 53.7 Å². The molecule has 8 heteroatoms. The summed E-state index contributed by atoms with van der Waals surface area (Å²) in [5.74, 6) is 1.53. The van der Waals surface area contributed by atoms with Crippen LogP contribution in [0.3, 0.4) is 0 Å². The van der Waals surface area contributed by atoms with E-state index in [1.165, 1.54) is 22.3 Å². The van der Waals surface area contributed by atoms with Crippen molar-refractivity contribution in [3.63, 3.8) is 0 Å². The van der Waals surface area contributed by atoms with Crippen molar-refractivity contribution in [1.29, 1.82) is 0 Å². The molecule has 2 amide bonds. The maximum Gasteiger partial charge on any atom is 0.415 e. The lowest BCUT2D eigenvalue weighted by atomic mass is 9.85. The lowest BCUT2D eigenvalue weighted by Crippen LogP contribution is -2.37. The number of fused-ring (bicyclic) bond motifs is 2. The van der Waals surface area contributed by atoms with E-state index in [1.54, 1.807) is 9.80 Å². The molecule has 0 radical (unpaired) electrons. The molecule has 0 aromatic heterocycles. The van der Waals surface area contributed by atoms with Crippen molar-refractivity contribution < 1.29 is 19.1 Å². The Bertz CT molecular complexity index is 1270. The molecule has 0 atom stereocenters. The van der Waals surface area contributed by atoms with Crippen LogP contribution in [0.1, 0.15) is 89.5 Å². The van der Waals surface area contributed by atoms with Gasteiger partial charge in [0, 0.05) is 25.9 Å². The second-order valence-electron chi connectivity index (χ2n) is 12.8. The van der Waals surface area contributed by atoms with E-state index in [0.717, 1.165) is 61.6 Å². The third-order valence-corrected chi connectivity index (χ3v) is 7.07. The standard InChI is InChI=1S/C32H40N4O4/c1-31(2,3)39-29(37)35-15-7-9-27(35)33-25-13-11-21-18-24-20-26(14-12-22(24)17-23(21)19-25)34-28-10-8-16-36(28)30(38)40-32(4,5)6/h11-14,19-20H,7-10,15-18H2,1-6H3. The lowest BCUT2D eigenvalue weighted by Gasteiger charge is -2.25. The highest BCUT2D eigenvalue weighted by atomic mass is 16.6. The van der Waals surface area contributed by atoms with E-state index in [2.05, 4.69) is 24.3 Å². The molecule has 3 aliphatic rings. The molecule has 0 N–H and O–H groups in total. The Morgan fingerprint density at radius 2 is 1.05 bits per heavy atom. The van der Waals surface area contributed by atoms with Crippen LogP contribution in [0.15, 0.2) is 46.4 Å². The Hall–Kier alpha value is -3.68. The maximum absolute atomic E-state index is 12.7. The van der Waals surface area contributed by atoms with E-state index in [4.69, 9.17) is 19.5 Å². The minimum atomic E-state index is -0.537. The summed E-state index contributed by atoms with van der Waals surface area (Å²) in [5, 5.41) is 0. The lowest BCUT2D eigenvalue weighted by molar-refractivity contribution is 0.0372. The van der Waals surface area contributed by atoms with E-state index in [0.29, 0.717) is 13.1 Å². The van der Waals surface area contributed by atoms with Gasteiger partial charge >= 0.3 is 12.2 Å². The van der Waals surface area contributed by atoms with Gasteiger partial charge in [0.1, 0.15) is 22.9 Å². The van der Waals surface area contributed by atoms with Crippen molar-refractivity contribution in [2.45, 2.75) is 91.3 Å². The quantitative estimate of drug-likeness (QED) is 0.339. The number of hydrogen-bond donors (Lipinski definition) is 0. The highest BCUT2D eigenvalue weighted by Gasteiger charge is 2.31. The van der Waals surface area contributed by atoms with Crippen LogP contribution in [-0.2, 0) is 22.3 Å². The third-order valence-electron chi connectivity index (χ3n) is 7.07. The highest BCUT2D eigenvalue weighted by molar-refractivity contribution is 5.99. The summed E-state index contributed by atoms with van der Waals surface area (Å²) in [6.07, 6.45) is 4.27. The molecule has 40 heavy (non-hydrogen) atoms. The fourth-order valence-electron chi connectivity index (χ4n) is 5.32. The molecule has 8 nitrogen and oxygen atoms in total. The fourth-order valence-corrected chi connectivity index (χ4v) is 5.32. The predicted octanol–water partition coefficient (Wildman–Crippen LogP) is 7.30. The van der Waals surface area contributed by atoms with Gasteiger partial charge in [0.15, 0.2) is 0 Å². The SMILES string of the molecule is CC(C)(C)OC(=O)N1CCCC1=Nc1ccc2c(c1)Cc1ccc(N=C3CCCN3C(=O)OC(C)(C)C)cc1C2. The summed E-state index contributed by atoms with van der Waals surface area (Å²) < 4.78 is 11.2. The van der Waals surface area contributed by atoms with Crippen LogP contribution < -0.4 is 0 Å². The number of amidine groups is 2. The van der Waals surface area contributed by atoms with Crippen molar-refractivity contribution in [1.82, 2.24) is 9.80 Å². The molecule has 2 aromatic rings. The molecule has 2 fully saturated rings. The number of likely N-dealkylation sites (tertiary alicyclic amines) is 2. The van der Waals surface area contributed by atoms with E-state index < -0.39 is 11.2 Å². The van der Waals surface area contributed by atoms with Gasteiger partial charge in [-0.1, -0.05) is 12.1 Å². The number of carbonyl (C=O) groups excluding carboxylic acids is 2. The molecule has 5 rings (SSSR count). The van der Waals surface area contributed by atoms with Gasteiger partial charge in [0.05, 0.1) is 11.4 Å². The van der Waals surface area contributed by atoms with Crippen LogP contribution in [0.5, 0.6) is 0 Å². The average molecular weight is 545 g/mol. The minimum Gasteiger partial charge on any atom is -0.443 e. The van der Waals surface area contributed by atoms with Crippen LogP contribution >= 0.6 is 0 Å². The Balaban J connectivity index is 1.31. The number of rotatable bonds is 2. The third kappa shape index (κ3) is 6.54. The van der Waals surface area contributed by atoms with E-state index in [-0.39, 0.29) is 12.2 Å². The van der Waals surface area contributed by atoms with Gasteiger partial charge in [-0.25, -0.2) is 19.6 Å². The second-order valence-corrected chi connectivity index (χ2v) is 12.8. The summed E-state index contributed by atoms with van der Waals surface area (Å²) in [7, 11) is 0. The van der Waals surface area contributed by atoms with Crippen LogP contribution in [-0.4, -0.2) is 57.9 Å². The van der Waals surface area contributed by atoms with Gasteiger partial charge in [-0.2, -0.15) is 0 Å². The summed E-state index contributed by atoms with van der Waals surface area (Å²) in [5.41, 5.74) is 5.69. The zero-order valence-electron chi connectivity index (χ0n) is 24.5. The summed E-state index contributed by atoms with van der Waals surface area (Å²) in [6, 6.07) is 12.6. The van der Waals surface area contributed by atoms with E-state index >= 15 is 0 Å². The summed E-state index contributed by atoms with van der Waals surface area (Å²) in [4.78, 5) is 38.4. The van der Waals surface area contributed by atoms with Crippen LogP contribution in [0.4, 0.5) is 21.0 Å². The smallest absolute Gasteiger partial charge is 0.415 e. The molecule has 2 saturated heterocycles. The maximum atomic E-state index is 12.7. The first-order chi connectivity index (χ1) is 18.8. The number of nitrogens with zero attached hydrogens (tertiary/aromatic N) is 4. The molecule has 2 heterocycles. The Morgan fingerprint density at radius 1 is 0.650 bits per heavy atom. The van der Waals surface area contributed by atoms with Crippen LogP contribution in [0, 0.1) is 0 Å².